The van der Waals surface area contributed by atoms with Gasteiger partial charge in [-0.25, -0.2) is 4.79 Å². The Balaban J connectivity index is 1.93. The van der Waals surface area contributed by atoms with Gasteiger partial charge in [-0.2, -0.15) is 0 Å². The number of carboxylic acid groups (broad SMARTS) is 1. The van der Waals surface area contributed by atoms with E-state index in [1.54, 1.807) is 0 Å². The standard InChI is InChI=1S/C14H23NO4/c1-9(2)15(8-10-4-3-5-10)13(16)11-6-7-12(19-11)14(17)18/h9-12H,3-8H2,1-2H3,(H,17,18)/t11-,12+/m0/s1. The summed E-state index contributed by atoms with van der Waals surface area (Å²) in [5, 5.41) is 8.90. The number of ether oxygens (including phenoxy) is 1. The lowest BCUT2D eigenvalue weighted by Gasteiger charge is -2.36. The van der Waals surface area contributed by atoms with Gasteiger partial charge in [0.25, 0.3) is 5.91 Å². The lowest BCUT2D eigenvalue weighted by atomic mass is 9.85. The molecule has 1 N–H and O–H groups in total. The minimum absolute atomic E-state index is 0.0364. The van der Waals surface area contributed by atoms with E-state index in [4.69, 9.17) is 9.84 Å². The number of aliphatic carboxylic acids is 1. The maximum atomic E-state index is 12.4. The Labute approximate surface area is 113 Å². The molecule has 1 heterocycles. The topological polar surface area (TPSA) is 66.8 Å². The molecule has 1 saturated heterocycles. The summed E-state index contributed by atoms with van der Waals surface area (Å²) < 4.78 is 5.36. The minimum Gasteiger partial charge on any atom is -0.479 e. The summed E-state index contributed by atoms with van der Waals surface area (Å²) in [4.78, 5) is 25.2. The van der Waals surface area contributed by atoms with E-state index in [9.17, 15) is 9.59 Å². The molecule has 108 valence electrons. The average Bonchev–Trinajstić information content (AvgIpc) is 2.75. The van der Waals surface area contributed by atoms with Crippen molar-refractivity contribution in [2.24, 2.45) is 5.92 Å². The maximum Gasteiger partial charge on any atom is 0.332 e. The first-order valence-corrected chi connectivity index (χ1v) is 7.17. The first kappa shape index (κ1) is 14.3. The van der Waals surface area contributed by atoms with Crippen LogP contribution < -0.4 is 0 Å². The molecular weight excluding hydrogens is 246 g/mol. The Kier molecular flexibility index (Phi) is 4.45. The van der Waals surface area contributed by atoms with Crippen LogP contribution in [0.4, 0.5) is 0 Å². The summed E-state index contributed by atoms with van der Waals surface area (Å²) in [5.41, 5.74) is 0. The molecule has 1 saturated carbocycles. The molecular formula is C14H23NO4. The van der Waals surface area contributed by atoms with Gasteiger partial charge in [0.2, 0.25) is 0 Å². The number of rotatable bonds is 5. The average molecular weight is 269 g/mol. The molecule has 2 aliphatic rings. The van der Waals surface area contributed by atoms with Crippen LogP contribution in [0.1, 0.15) is 46.0 Å². The molecule has 0 radical (unpaired) electrons. The number of carboxylic acids is 1. The third-order valence-corrected chi connectivity index (χ3v) is 4.16. The predicted octanol–water partition coefficient (Wildman–Crippen LogP) is 1.66. The van der Waals surface area contributed by atoms with E-state index in [1.807, 2.05) is 18.7 Å². The van der Waals surface area contributed by atoms with Crippen molar-refractivity contribution in [1.82, 2.24) is 4.90 Å². The van der Waals surface area contributed by atoms with Crippen molar-refractivity contribution in [2.75, 3.05) is 6.54 Å². The van der Waals surface area contributed by atoms with Crippen LogP contribution in [-0.4, -0.2) is 46.7 Å². The van der Waals surface area contributed by atoms with Crippen molar-refractivity contribution in [2.45, 2.75) is 64.2 Å². The third kappa shape index (κ3) is 3.26. The van der Waals surface area contributed by atoms with E-state index < -0.39 is 18.2 Å². The molecule has 0 bridgehead atoms. The van der Waals surface area contributed by atoms with Gasteiger partial charge in [-0.15, -0.1) is 0 Å². The largest absolute Gasteiger partial charge is 0.479 e. The van der Waals surface area contributed by atoms with Gasteiger partial charge >= 0.3 is 5.97 Å². The van der Waals surface area contributed by atoms with E-state index in [0.717, 1.165) is 6.54 Å². The van der Waals surface area contributed by atoms with E-state index in [1.165, 1.54) is 19.3 Å². The summed E-state index contributed by atoms with van der Waals surface area (Å²) in [6.07, 6.45) is 3.21. The second kappa shape index (κ2) is 5.90. The number of carbonyl (C=O) groups is 2. The third-order valence-electron chi connectivity index (χ3n) is 4.16. The Hall–Kier alpha value is -1.10. The fourth-order valence-corrected chi connectivity index (χ4v) is 2.69. The predicted molar refractivity (Wildman–Crippen MR) is 69.7 cm³/mol. The number of amides is 1. The van der Waals surface area contributed by atoms with Crippen molar-refractivity contribution in [3.63, 3.8) is 0 Å². The lowest BCUT2D eigenvalue weighted by molar-refractivity contribution is -0.156. The summed E-state index contributed by atoms with van der Waals surface area (Å²) in [6, 6.07) is 0.139. The van der Waals surface area contributed by atoms with Crippen molar-refractivity contribution >= 4 is 11.9 Å². The van der Waals surface area contributed by atoms with Crippen LogP contribution in [0.3, 0.4) is 0 Å². The highest BCUT2D eigenvalue weighted by molar-refractivity contribution is 5.83. The van der Waals surface area contributed by atoms with Crippen molar-refractivity contribution in [3.05, 3.63) is 0 Å². The second-order valence-electron chi connectivity index (χ2n) is 5.91. The first-order chi connectivity index (χ1) is 8.99. The van der Waals surface area contributed by atoms with E-state index in [2.05, 4.69) is 0 Å². The van der Waals surface area contributed by atoms with Gasteiger partial charge in [0, 0.05) is 12.6 Å². The molecule has 1 aliphatic heterocycles. The molecule has 19 heavy (non-hydrogen) atoms. The van der Waals surface area contributed by atoms with Gasteiger partial charge in [0.05, 0.1) is 0 Å². The number of hydrogen-bond donors (Lipinski definition) is 1. The molecule has 0 aromatic heterocycles. The lowest BCUT2D eigenvalue weighted by Crippen LogP contribution is -2.46. The molecule has 5 nitrogen and oxygen atoms in total. The first-order valence-electron chi connectivity index (χ1n) is 7.17. The van der Waals surface area contributed by atoms with Crippen LogP contribution in [0.15, 0.2) is 0 Å². The van der Waals surface area contributed by atoms with E-state index in [-0.39, 0.29) is 11.9 Å². The molecule has 0 aromatic rings. The van der Waals surface area contributed by atoms with Crippen LogP contribution in [-0.2, 0) is 14.3 Å². The Morgan fingerprint density at radius 1 is 1.21 bits per heavy atom. The molecule has 1 aliphatic carbocycles. The molecule has 2 atom stereocenters. The highest BCUT2D eigenvalue weighted by atomic mass is 16.5. The fraction of sp³-hybridized carbons (Fsp3) is 0.857. The molecule has 0 aromatic carbocycles. The quantitative estimate of drug-likeness (QED) is 0.824. The van der Waals surface area contributed by atoms with Crippen LogP contribution in [0.5, 0.6) is 0 Å². The number of hydrogen-bond acceptors (Lipinski definition) is 3. The van der Waals surface area contributed by atoms with Crippen LogP contribution in [0.25, 0.3) is 0 Å². The Bertz CT molecular complexity index is 351. The Morgan fingerprint density at radius 3 is 2.26 bits per heavy atom. The zero-order chi connectivity index (χ0) is 14.0. The molecule has 2 rings (SSSR count). The van der Waals surface area contributed by atoms with Gasteiger partial charge in [-0.1, -0.05) is 6.42 Å². The van der Waals surface area contributed by atoms with Gasteiger partial charge in [-0.3, -0.25) is 4.79 Å². The van der Waals surface area contributed by atoms with Crippen LogP contribution in [0, 0.1) is 5.92 Å². The SMILES string of the molecule is CC(C)N(CC1CCC1)C(=O)[C@@H]1CC[C@H](C(=O)O)O1. The monoisotopic (exact) mass is 269 g/mol. The normalized spacial score (nSPS) is 27.3. The molecule has 5 heteroatoms. The van der Waals surface area contributed by atoms with Crippen molar-refractivity contribution in [3.8, 4) is 0 Å². The number of nitrogens with zero attached hydrogens (tertiary/aromatic N) is 1. The van der Waals surface area contributed by atoms with Crippen molar-refractivity contribution < 1.29 is 19.4 Å². The smallest absolute Gasteiger partial charge is 0.332 e. The summed E-state index contributed by atoms with van der Waals surface area (Å²) in [7, 11) is 0. The molecule has 0 spiro atoms. The van der Waals surface area contributed by atoms with Gasteiger partial charge in [0.15, 0.2) is 6.10 Å². The van der Waals surface area contributed by atoms with E-state index in [0.29, 0.717) is 18.8 Å². The summed E-state index contributed by atoms with van der Waals surface area (Å²) >= 11 is 0. The van der Waals surface area contributed by atoms with Crippen LogP contribution in [0.2, 0.25) is 0 Å². The number of carbonyl (C=O) groups excluding carboxylic acids is 1. The summed E-state index contributed by atoms with van der Waals surface area (Å²) in [6.45, 7) is 4.79. The van der Waals surface area contributed by atoms with Gasteiger partial charge in [0.1, 0.15) is 6.10 Å². The highest BCUT2D eigenvalue weighted by Crippen LogP contribution is 2.29. The van der Waals surface area contributed by atoms with Gasteiger partial charge < -0.3 is 14.7 Å². The highest BCUT2D eigenvalue weighted by Gasteiger charge is 2.38. The summed E-state index contributed by atoms with van der Waals surface area (Å²) in [5.74, 6) is -0.390. The molecule has 2 fully saturated rings. The maximum absolute atomic E-state index is 12.4. The van der Waals surface area contributed by atoms with Crippen LogP contribution >= 0.6 is 0 Å². The zero-order valence-corrected chi connectivity index (χ0v) is 11.7. The molecule has 1 amide bonds. The Morgan fingerprint density at radius 2 is 1.84 bits per heavy atom. The van der Waals surface area contributed by atoms with E-state index >= 15 is 0 Å². The molecule has 0 unspecified atom stereocenters. The zero-order valence-electron chi connectivity index (χ0n) is 11.7. The fourth-order valence-electron chi connectivity index (χ4n) is 2.69. The minimum atomic E-state index is -0.967. The second-order valence-corrected chi connectivity index (χ2v) is 5.91. The van der Waals surface area contributed by atoms with Gasteiger partial charge in [-0.05, 0) is 45.4 Å². The van der Waals surface area contributed by atoms with Crippen molar-refractivity contribution in [1.29, 1.82) is 0 Å².